The van der Waals surface area contributed by atoms with Gasteiger partial charge < -0.3 is 10.2 Å². The van der Waals surface area contributed by atoms with Crippen LogP contribution in [-0.4, -0.2) is 27.3 Å². The van der Waals surface area contributed by atoms with Gasteiger partial charge in [-0.05, 0) is 41.8 Å². The van der Waals surface area contributed by atoms with Crippen molar-refractivity contribution >= 4 is 17.5 Å². The molecule has 1 N–H and O–H groups in total. The molecule has 1 aliphatic rings. The van der Waals surface area contributed by atoms with E-state index in [0.717, 1.165) is 6.42 Å². The smallest absolute Gasteiger partial charge is 0.272 e. The van der Waals surface area contributed by atoms with E-state index in [1.807, 2.05) is 18.2 Å². The maximum absolute atomic E-state index is 13.3. The second-order valence-electron chi connectivity index (χ2n) is 6.15. The summed E-state index contributed by atoms with van der Waals surface area (Å²) >= 11 is 0. The molecule has 26 heavy (non-hydrogen) atoms. The average Bonchev–Trinajstić information content (AvgIpc) is 2.67. The number of benzene rings is 2. The number of anilines is 2. The molecule has 130 valence electrons. The van der Waals surface area contributed by atoms with E-state index in [0.29, 0.717) is 24.5 Å². The van der Waals surface area contributed by atoms with Crippen LogP contribution in [-0.2, 0) is 13.0 Å². The van der Waals surface area contributed by atoms with Crippen molar-refractivity contribution in [2.75, 3.05) is 11.9 Å². The monoisotopic (exact) mass is 348 g/mol. The summed E-state index contributed by atoms with van der Waals surface area (Å²) in [6, 6.07) is 15.8. The summed E-state index contributed by atoms with van der Waals surface area (Å²) < 4.78 is 13.3. The van der Waals surface area contributed by atoms with E-state index in [1.54, 1.807) is 23.1 Å². The highest BCUT2D eigenvalue weighted by Crippen LogP contribution is 2.20. The number of hydrogen-bond donors (Lipinski definition) is 1. The van der Waals surface area contributed by atoms with Gasteiger partial charge in [0.1, 0.15) is 11.5 Å². The molecule has 6 heteroatoms. The Morgan fingerprint density at radius 1 is 1.08 bits per heavy atom. The molecule has 2 heterocycles. The van der Waals surface area contributed by atoms with Crippen molar-refractivity contribution in [2.24, 2.45) is 0 Å². The van der Waals surface area contributed by atoms with Gasteiger partial charge in [0.25, 0.3) is 5.91 Å². The zero-order valence-corrected chi connectivity index (χ0v) is 14.0. The number of rotatable bonds is 3. The van der Waals surface area contributed by atoms with Crippen LogP contribution in [0, 0.1) is 5.82 Å². The van der Waals surface area contributed by atoms with E-state index in [2.05, 4.69) is 21.4 Å². The molecule has 0 spiro atoms. The lowest BCUT2D eigenvalue weighted by molar-refractivity contribution is 0.0728. The molecule has 1 aromatic heterocycles. The van der Waals surface area contributed by atoms with Crippen LogP contribution in [0.5, 0.6) is 0 Å². The summed E-state index contributed by atoms with van der Waals surface area (Å²) in [5.74, 6) is -0.225. The number of nitrogens with one attached hydrogen (secondary N) is 1. The SMILES string of the molecule is O=C(c1ccnc(Nc2cccc(F)c2)n1)N1CCc2ccccc2C1. The maximum atomic E-state index is 13.3. The number of hydrogen-bond acceptors (Lipinski definition) is 4. The van der Waals surface area contributed by atoms with Crippen LogP contribution < -0.4 is 5.32 Å². The quantitative estimate of drug-likeness (QED) is 0.786. The molecular formula is C20H17FN4O. The van der Waals surface area contributed by atoms with Gasteiger partial charge in [-0.2, -0.15) is 0 Å². The van der Waals surface area contributed by atoms with Crippen LogP contribution >= 0.6 is 0 Å². The van der Waals surface area contributed by atoms with Crippen LogP contribution in [0.2, 0.25) is 0 Å². The number of nitrogens with zero attached hydrogens (tertiary/aromatic N) is 3. The maximum Gasteiger partial charge on any atom is 0.272 e. The molecular weight excluding hydrogens is 331 g/mol. The average molecular weight is 348 g/mol. The lowest BCUT2D eigenvalue weighted by Crippen LogP contribution is -2.36. The van der Waals surface area contributed by atoms with Crippen molar-refractivity contribution in [1.29, 1.82) is 0 Å². The highest BCUT2D eigenvalue weighted by Gasteiger charge is 2.22. The summed E-state index contributed by atoms with van der Waals surface area (Å²) in [6.45, 7) is 1.23. The largest absolute Gasteiger partial charge is 0.333 e. The molecule has 0 radical (unpaired) electrons. The Bertz CT molecular complexity index is 960. The molecule has 0 aliphatic carbocycles. The minimum absolute atomic E-state index is 0.135. The molecule has 0 atom stereocenters. The van der Waals surface area contributed by atoms with Gasteiger partial charge in [-0.15, -0.1) is 0 Å². The van der Waals surface area contributed by atoms with Crippen molar-refractivity contribution in [1.82, 2.24) is 14.9 Å². The number of carbonyl (C=O) groups is 1. The van der Waals surface area contributed by atoms with Gasteiger partial charge in [0.15, 0.2) is 0 Å². The van der Waals surface area contributed by atoms with Gasteiger partial charge >= 0.3 is 0 Å². The number of aromatic nitrogens is 2. The minimum Gasteiger partial charge on any atom is -0.333 e. The summed E-state index contributed by atoms with van der Waals surface area (Å²) in [6.07, 6.45) is 2.36. The molecule has 4 rings (SSSR count). The van der Waals surface area contributed by atoms with Crippen LogP contribution in [0.3, 0.4) is 0 Å². The fourth-order valence-corrected chi connectivity index (χ4v) is 3.06. The molecule has 5 nitrogen and oxygen atoms in total. The van der Waals surface area contributed by atoms with Gasteiger partial charge in [-0.3, -0.25) is 4.79 Å². The highest BCUT2D eigenvalue weighted by atomic mass is 19.1. The summed E-state index contributed by atoms with van der Waals surface area (Å²) in [5, 5.41) is 2.93. The molecule has 0 saturated carbocycles. The Morgan fingerprint density at radius 2 is 1.92 bits per heavy atom. The molecule has 0 unspecified atom stereocenters. The number of amides is 1. The Balaban J connectivity index is 1.52. The number of halogens is 1. The fourth-order valence-electron chi connectivity index (χ4n) is 3.06. The highest BCUT2D eigenvalue weighted by molar-refractivity contribution is 5.92. The Hall–Kier alpha value is -3.28. The molecule has 2 aromatic carbocycles. The fraction of sp³-hybridized carbons (Fsp3) is 0.150. The van der Waals surface area contributed by atoms with E-state index in [4.69, 9.17) is 0 Å². The second kappa shape index (κ2) is 6.92. The molecule has 1 aliphatic heterocycles. The van der Waals surface area contributed by atoms with E-state index >= 15 is 0 Å². The van der Waals surface area contributed by atoms with Crippen LogP contribution in [0.15, 0.2) is 60.8 Å². The van der Waals surface area contributed by atoms with Crippen molar-refractivity contribution in [3.05, 3.63) is 83.4 Å². The summed E-state index contributed by atoms with van der Waals surface area (Å²) in [4.78, 5) is 23.0. The first-order valence-electron chi connectivity index (χ1n) is 8.41. The third kappa shape index (κ3) is 3.39. The third-order valence-corrected chi connectivity index (χ3v) is 4.37. The third-order valence-electron chi connectivity index (χ3n) is 4.37. The van der Waals surface area contributed by atoms with Gasteiger partial charge in [0.2, 0.25) is 5.95 Å². The standard InChI is InChI=1S/C20H17FN4O/c21-16-6-3-7-17(12-16)23-20-22-10-8-18(24-20)19(26)25-11-9-14-4-1-2-5-15(14)13-25/h1-8,10,12H,9,11,13H2,(H,22,23,24). The predicted molar refractivity (Wildman–Crippen MR) is 96.6 cm³/mol. The van der Waals surface area contributed by atoms with Gasteiger partial charge in [0, 0.05) is 25.0 Å². The number of fused-ring (bicyclic) bond motifs is 1. The lowest BCUT2D eigenvalue weighted by Gasteiger charge is -2.28. The van der Waals surface area contributed by atoms with Crippen molar-refractivity contribution in [3.8, 4) is 0 Å². The van der Waals surface area contributed by atoms with Gasteiger partial charge in [0.05, 0.1) is 0 Å². The molecule has 0 fully saturated rings. The first-order valence-corrected chi connectivity index (χ1v) is 8.41. The van der Waals surface area contributed by atoms with Gasteiger partial charge in [-0.1, -0.05) is 30.3 Å². The Morgan fingerprint density at radius 3 is 2.77 bits per heavy atom. The van der Waals surface area contributed by atoms with Crippen LogP contribution in [0.25, 0.3) is 0 Å². The molecule has 3 aromatic rings. The van der Waals surface area contributed by atoms with E-state index in [-0.39, 0.29) is 17.7 Å². The van der Waals surface area contributed by atoms with Crippen LogP contribution in [0.1, 0.15) is 21.6 Å². The summed E-state index contributed by atoms with van der Waals surface area (Å²) in [7, 11) is 0. The van der Waals surface area contributed by atoms with E-state index < -0.39 is 0 Å². The Labute approximate surface area is 150 Å². The van der Waals surface area contributed by atoms with Crippen molar-refractivity contribution < 1.29 is 9.18 Å². The first-order chi connectivity index (χ1) is 12.7. The Kier molecular flexibility index (Phi) is 4.31. The summed E-state index contributed by atoms with van der Waals surface area (Å²) in [5.41, 5.74) is 3.30. The first kappa shape index (κ1) is 16.2. The minimum atomic E-state index is -0.353. The van der Waals surface area contributed by atoms with Crippen LogP contribution in [0.4, 0.5) is 16.0 Å². The van der Waals surface area contributed by atoms with Gasteiger partial charge in [-0.25, -0.2) is 14.4 Å². The zero-order chi connectivity index (χ0) is 17.9. The lowest BCUT2D eigenvalue weighted by atomic mass is 10.00. The predicted octanol–water partition coefficient (Wildman–Crippen LogP) is 3.56. The molecule has 0 bridgehead atoms. The van der Waals surface area contributed by atoms with Crippen molar-refractivity contribution in [2.45, 2.75) is 13.0 Å². The second-order valence-corrected chi connectivity index (χ2v) is 6.15. The molecule has 1 amide bonds. The molecule has 0 saturated heterocycles. The van der Waals surface area contributed by atoms with Crippen molar-refractivity contribution in [3.63, 3.8) is 0 Å². The normalized spacial score (nSPS) is 13.2. The number of carbonyl (C=O) groups excluding carboxylic acids is 1. The van der Waals surface area contributed by atoms with E-state index in [1.165, 1.54) is 29.5 Å². The van der Waals surface area contributed by atoms with E-state index in [9.17, 15) is 9.18 Å². The topological polar surface area (TPSA) is 58.1 Å². The zero-order valence-electron chi connectivity index (χ0n) is 14.0.